The summed E-state index contributed by atoms with van der Waals surface area (Å²) >= 11 is 0. The van der Waals surface area contributed by atoms with Gasteiger partial charge in [0, 0.05) is 24.2 Å². The number of rotatable bonds is 1. The van der Waals surface area contributed by atoms with E-state index >= 15 is 0 Å². The minimum Gasteiger partial charge on any atom is -0.444 e. The van der Waals surface area contributed by atoms with E-state index in [1.54, 1.807) is 29.2 Å². The first-order valence-corrected chi connectivity index (χ1v) is 8.43. The smallest absolute Gasteiger partial charge is 0.410 e. The van der Waals surface area contributed by atoms with Crippen molar-refractivity contribution >= 4 is 17.7 Å². The molecule has 24 heavy (non-hydrogen) atoms. The Balaban J connectivity index is 1.65. The first-order chi connectivity index (χ1) is 11.3. The fourth-order valence-electron chi connectivity index (χ4n) is 3.54. The Hall–Kier alpha value is -2.17. The average Bonchev–Trinajstić information content (AvgIpc) is 2.78. The van der Waals surface area contributed by atoms with E-state index in [9.17, 15) is 14.4 Å². The summed E-state index contributed by atoms with van der Waals surface area (Å²) in [6.45, 7) is 6.56. The highest BCUT2D eigenvalue weighted by Crippen LogP contribution is 2.36. The normalized spacial score (nSPS) is 19.5. The van der Waals surface area contributed by atoms with Crippen molar-refractivity contribution in [2.24, 2.45) is 11.8 Å². The summed E-state index contributed by atoms with van der Waals surface area (Å²) in [5, 5.41) is 0. The third-order valence-corrected chi connectivity index (χ3v) is 4.69. The number of Topliss-reactive ketones (excluding diaryl/α,β-unsaturated/α-hetero) is 2. The van der Waals surface area contributed by atoms with Crippen LogP contribution in [0.25, 0.3) is 0 Å². The zero-order chi connectivity index (χ0) is 17.5. The fraction of sp³-hybridized carbons (Fsp3) is 0.526. The van der Waals surface area contributed by atoms with Crippen molar-refractivity contribution in [3.05, 3.63) is 35.4 Å². The molecule has 1 fully saturated rings. The van der Waals surface area contributed by atoms with Crippen LogP contribution in [0.5, 0.6) is 0 Å². The number of nitrogens with zero attached hydrogens (tertiary/aromatic N) is 1. The van der Waals surface area contributed by atoms with E-state index in [1.807, 2.05) is 20.8 Å². The molecule has 128 valence electrons. The topological polar surface area (TPSA) is 63.7 Å². The predicted octanol–water partition coefficient (Wildman–Crippen LogP) is 3.33. The molecule has 1 aromatic rings. The highest BCUT2D eigenvalue weighted by atomic mass is 16.6. The van der Waals surface area contributed by atoms with Gasteiger partial charge in [0.1, 0.15) is 5.60 Å². The van der Waals surface area contributed by atoms with Crippen LogP contribution in [-0.2, 0) is 4.74 Å². The van der Waals surface area contributed by atoms with Crippen LogP contribution in [0, 0.1) is 11.8 Å². The number of ether oxygens (including phenoxy) is 1. The number of piperidine rings is 1. The first-order valence-electron chi connectivity index (χ1n) is 8.43. The molecule has 1 aliphatic carbocycles. The maximum Gasteiger partial charge on any atom is 0.410 e. The lowest BCUT2D eigenvalue weighted by Crippen LogP contribution is -2.44. The van der Waals surface area contributed by atoms with Gasteiger partial charge in [0.2, 0.25) is 0 Å². The van der Waals surface area contributed by atoms with Crippen LogP contribution >= 0.6 is 0 Å². The maximum absolute atomic E-state index is 12.6. The molecular weight excluding hydrogens is 306 g/mol. The lowest BCUT2D eigenvalue weighted by molar-refractivity contribution is 0.0167. The van der Waals surface area contributed by atoms with Crippen molar-refractivity contribution in [1.29, 1.82) is 0 Å². The van der Waals surface area contributed by atoms with Crippen LogP contribution in [0.3, 0.4) is 0 Å². The molecule has 5 heteroatoms. The molecule has 0 unspecified atom stereocenters. The van der Waals surface area contributed by atoms with Gasteiger partial charge in [0.25, 0.3) is 0 Å². The number of carbonyl (C=O) groups is 3. The number of carbonyl (C=O) groups excluding carboxylic acids is 3. The SMILES string of the molecule is CC(C)(C)OC(=O)N1CCC(C2C(=O)c3ccccc3C2=O)CC1. The second-order valence-corrected chi connectivity index (χ2v) is 7.56. The molecule has 1 aliphatic heterocycles. The Morgan fingerprint density at radius 1 is 1.04 bits per heavy atom. The second kappa shape index (κ2) is 6.04. The summed E-state index contributed by atoms with van der Waals surface area (Å²) in [7, 11) is 0. The molecule has 5 nitrogen and oxygen atoms in total. The van der Waals surface area contributed by atoms with E-state index in [2.05, 4.69) is 0 Å². The number of hydrogen-bond donors (Lipinski definition) is 0. The van der Waals surface area contributed by atoms with E-state index < -0.39 is 11.5 Å². The number of ketones is 2. The quantitative estimate of drug-likeness (QED) is 0.741. The van der Waals surface area contributed by atoms with E-state index in [4.69, 9.17) is 4.74 Å². The van der Waals surface area contributed by atoms with Crippen LogP contribution in [0.1, 0.15) is 54.3 Å². The van der Waals surface area contributed by atoms with Gasteiger partial charge in [-0.2, -0.15) is 0 Å². The number of amides is 1. The average molecular weight is 329 g/mol. The lowest BCUT2D eigenvalue weighted by atomic mass is 9.81. The van der Waals surface area contributed by atoms with Crippen LogP contribution < -0.4 is 0 Å². The predicted molar refractivity (Wildman–Crippen MR) is 89.1 cm³/mol. The minimum absolute atomic E-state index is 0.00362. The first kappa shape index (κ1) is 16.7. The van der Waals surface area contributed by atoms with Crippen molar-refractivity contribution in [3.8, 4) is 0 Å². The zero-order valence-corrected chi connectivity index (χ0v) is 14.4. The van der Waals surface area contributed by atoms with Crippen LogP contribution in [0.15, 0.2) is 24.3 Å². The Morgan fingerprint density at radius 2 is 1.54 bits per heavy atom. The molecular formula is C19H23NO4. The Bertz CT molecular complexity index is 646. The van der Waals surface area contributed by atoms with Crippen molar-refractivity contribution < 1.29 is 19.1 Å². The third-order valence-electron chi connectivity index (χ3n) is 4.69. The van der Waals surface area contributed by atoms with Gasteiger partial charge in [-0.25, -0.2) is 4.79 Å². The lowest BCUT2D eigenvalue weighted by Gasteiger charge is -2.34. The number of benzene rings is 1. The summed E-state index contributed by atoms with van der Waals surface area (Å²) in [5.74, 6) is -0.711. The molecule has 0 N–H and O–H groups in total. The summed E-state index contributed by atoms with van der Waals surface area (Å²) in [6, 6.07) is 7.03. The minimum atomic E-state index is -0.580. The molecule has 1 aromatic carbocycles. The molecule has 0 aromatic heterocycles. The van der Waals surface area contributed by atoms with Gasteiger partial charge < -0.3 is 9.64 Å². The largest absolute Gasteiger partial charge is 0.444 e. The molecule has 1 saturated heterocycles. The van der Waals surface area contributed by atoms with Gasteiger partial charge in [-0.05, 0) is 39.5 Å². The number of fused-ring (bicyclic) bond motifs is 1. The van der Waals surface area contributed by atoms with Gasteiger partial charge in [-0.1, -0.05) is 24.3 Å². The Labute approximate surface area is 142 Å². The third kappa shape index (κ3) is 3.07. The summed E-state index contributed by atoms with van der Waals surface area (Å²) in [6.07, 6.45) is 0.971. The molecule has 0 saturated carbocycles. The summed E-state index contributed by atoms with van der Waals surface area (Å²) in [4.78, 5) is 39.0. The molecule has 1 amide bonds. The molecule has 2 aliphatic rings. The van der Waals surface area contributed by atoms with E-state index in [1.165, 1.54) is 0 Å². The monoisotopic (exact) mass is 329 g/mol. The van der Waals surface area contributed by atoms with Gasteiger partial charge in [0.15, 0.2) is 11.6 Å². The van der Waals surface area contributed by atoms with Crippen LogP contribution in [-0.4, -0.2) is 41.3 Å². The molecule has 0 bridgehead atoms. The van der Waals surface area contributed by atoms with Gasteiger partial charge >= 0.3 is 6.09 Å². The van der Waals surface area contributed by atoms with Gasteiger partial charge in [-0.15, -0.1) is 0 Å². The Morgan fingerprint density at radius 3 is 2.00 bits per heavy atom. The highest BCUT2D eigenvalue weighted by molar-refractivity contribution is 6.26. The second-order valence-electron chi connectivity index (χ2n) is 7.56. The maximum atomic E-state index is 12.6. The summed E-state index contributed by atoms with van der Waals surface area (Å²) < 4.78 is 5.38. The Kier molecular flexibility index (Phi) is 4.20. The van der Waals surface area contributed by atoms with Gasteiger partial charge in [0.05, 0.1) is 5.92 Å². The molecule has 3 rings (SSSR count). The number of hydrogen-bond acceptors (Lipinski definition) is 4. The van der Waals surface area contributed by atoms with Crippen molar-refractivity contribution in [3.63, 3.8) is 0 Å². The van der Waals surface area contributed by atoms with Crippen molar-refractivity contribution in [2.75, 3.05) is 13.1 Å². The van der Waals surface area contributed by atoms with E-state index in [0.29, 0.717) is 37.1 Å². The highest BCUT2D eigenvalue weighted by Gasteiger charge is 2.44. The molecule has 1 heterocycles. The molecule has 0 spiro atoms. The van der Waals surface area contributed by atoms with Crippen molar-refractivity contribution in [1.82, 2.24) is 4.90 Å². The van der Waals surface area contributed by atoms with E-state index in [0.717, 1.165) is 0 Å². The standard InChI is InChI=1S/C19H23NO4/c1-19(2,3)24-18(23)20-10-8-12(9-11-20)15-16(21)13-6-4-5-7-14(13)17(15)22/h4-7,12,15H,8-11H2,1-3H3. The van der Waals surface area contributed by atoms with Crippen LogP contribution in [0.2, 0.25) is 0 Å². The number of likely N-dealkylation sites (tertiary alicyclic amines) is 1. The fourth-order valence-corrected chi connectivity index (χ4v) is 3.54. The van der Waals surface area contributed by atoms with Crippen molar-refractivity contribution in [2.45, 2.75) is 39.2 Å². The van der Waals surface area contributed by atoms with Crippen LogP contribution in [0.4, 0.5) is 4.79 Å². The van der Waals surface area contributed by atoms with Gasteiger partial charge in [-0.3, -0.25) is 9.59 Å². The zero-order valence-electron chi connectivity index (χ0n) is 14.4. The van der Waals surface area contributed by atoms with E-state index in [-0.39, 0.29) is 23.6 Å². The molecule has 0 atom stereocenters. The summed E-state index contributed by atoms with van der Waals surface area (Å²) in [5.41, 5.74) is 0.566. The molecule has 0 radical (unpaired) electrons.